The highest BCUT2D eigenvalue weighted by Gasteiger charge is 1.97. The van der Waals surface area contributed by atoms with Crippen LogP contribution in [0.15, 0.2) is 12.1 Å². The van der Waals surface area contributed by atoms with E-state index in [2.05, 4.69) is 19.1 Å². The summed E-state index contributed by atoms with van der Waals surface area (Å²) < 4.78 is 5.31. The molecule has 1 rings (SSSR count). The molecule has 0 atom stereocenters. The lowest BCUT2D eigenvalue weighted by Gasteiger charge is -1.99. The van der Waals surface area contributed by atoms with Gasteiger partial charge in [0.05, 0.1) is 13.2 Å². The summed E-state index contributed by atoms with van der Waals surface area (Å²) in [5, 5.41) is 0. The Balaban J connectivity index is 2.20. The minimum Gasteiger partial charge on any atom is -0.380 e. The Kier molecular flexibility index (Phi) is 5.05. The van der Waals surface area contributed by atoms with Crippen LogP contribution in [0.5, 0.6) is 0 Å². The largest absolute Gasteiger partial charge is 0.380 e. The van der Waals surface area contributed by atoms with E-state index < -0.39 is 0 Å². The molecule has 0 aliphatic rings. The van der Waals surface area contributed by atoms with Crippen LogP contribution in [0.3, 0.4) is 0 Å². The minimum absolute atomic E-state index is 0.616. The second kappa shape index (κ2) is 6.13. The molecule has 0 aromatic carbocycles. The Labute approximate surface area is 83.7 Å². The van der Waals surface area contributed by atoms with E-state index in [9.17, 15) is 0 Å². The number of hydrogen-bond donors (Lipinski definition) is 1. The fraction of sp³-hybridized carbons (Fsp3) is 0.600. The summed E-state index contributed by atoms with van der Waals surface area (Å²) in [6, 6.07) is 4.39. The molecule has 0 unspecified atom stereocenters. The maximum Gasteiger partial charge on any atom is 0.0588 e. The molecule has 0 spiro atoms. The lowest BCUT2D eigenvalue weighted by atomic mass is 10.3. The number of rotatable bonds is 6. The monoisotopic (exact) mass is 199 g/mol. The van der Waals surface area contributed by atoms with Crippen molar-refractivity contribution in [1.82, 2.24) is 0 Å². The summed E-state index contributed by atoms with van der Waals surface area (Å²) >= 11 is 1.88. The molecular weight excluding hydrogens is 182 g/mol. The molecular formula is C10H17NOS. The normalized spacial score (nSPS) is 10.6. The summed E-state index contributed by atoms with van der Waals surface area (Å²) in [7, 11) is 0. The van der Waals surface area contributed by atoms with Crippen LogP contribution in [0.4, 0.5) is 0 Å². The second-order valence-corrected chi connectivity index (χ2v) is 4.13. The topological polar surface area (TPSA) is 35.2 Å². The van der Waals surface area contributed by atoms with Crippen LogP contribution < -0.4 is 5.73 Å². The molecule has 0 saturated heterocycles. The van der Waals surface area contributed by atoms with Gasteiger partial charge in [-0.1, -0.05) is 6.92 Å². The van der Waals surface area contributed by atoms with Crippen molar-refractivity contribution in [1.29, 1.82) is 0 Å². The summed E-state index contributed by atoms with van der Waals surface area (Å²) in [5.74, 6) is 0. The van der Waals surface area contributed by atoms with Crippen LogP contribution in [0, 0.1) is 0 Å². The molecule has 2 nitrogen and oxygen atoms in total. The molecule has 74 valence electrons. The fourth-order valence-corrected chi connectivity index (χ4v) is 2.04. The van der Waals surface area contributed by atoms with E-state index in [4.69, 9.17) is 10.5 Å². The molecule has 1 heterocycles. The maximum absolute atomic E-state index is 5.31. The van der Waals surface area contributed by atoms with Crippen LogP contribution in [0.25, 0.3) is 0 Å². The van der Waals surface area contributed by atoms with Crippen LogP contribution in [-0.2, 0) is 17.6 Å². The Morgan fingerprint density at radius 2 is 2.08 bits per heavy atom. The summed E-state index contributed by atoms with van der Waals surface area (Å²) in [5.41, 5.74) is 5.31. The average molecular weight is 199 g/mol. The zero-order valence-electron chi connectivity index (χ0n) is 8.08. The zero-order valence-corrected chi connectivity index (χ0v) is 8.90. The van der Waals surface area contributed by atoms with Crippen molar-refractivity contribution in [2.75, 3.05) is 19.8 Å². The molecule has 2 N–H and O–H groups in total. The van der Waals surface area contributed by atoms with Gasteiger partial charge in [0.1, 0.15) is 0 Å². The van der Waals surface area contributed by atoms with Gasteiger partial charge in [-0.2, -0.15) is 0 Å². The van der Waals surface area contributed by atoms with Crippen LogP contribution in [-0.4, -0.2) is 19.8 Å². The first-order valence-corrected chi connectivity index (χ1v) is 5.54. The highest BCUT2D eigenvalue weighted by atomic mass is 32.1. The summed E-state index contributed by atoms with van der Waals surface area (Å²) in [6.45, 7) is 4.26. The molecule has 3 heteroatoms. The molecule has 0 radical (unpaired) electrons. The Morgan fingerprint density at radius 3 is 2.69 bits per heavy atom. The van der Waals surface area contributed by atoms with Crippen molar-refractivity contribution < 1.29 is 4.74 Å². The molecule has 0 aliphatic carbocycles. The first-order chi connectivity index (χ1) is 6.36. The van der Waals surface area contributed by atoms with Crippen molar-refractivity contribution in [3.05, 3.63) is 21.9 Å². The van der Waals surface area contributed by atoms with Crippen LogP contribution in [0.1, 0.15) is 16.7 Å². The van der Waals surface area contributed by atoms with Gasteiger partial charge in [0.25, 0.3) is 0 Å². The highest BCUT2D eigenvalue weighted by Crippen LogP contribution is 2.17. The Hall–Kier alpha value is -0.380. The minimum atomic E-state index is 0.616. The van der Waals surface area contributed by atoms with E-state index in [1.54, 1.807) is 0 Å². The fourth-order valence-electron chi connectivity index (χ4n) is 1.10. The summed E-state index contributed by atoms with van der Waals surface area (Å²) in [6.07, 6.45) is 2.15. The van der Waals surface area contributed by atoms with E-state index >= 15 is 0 Å². The van der Waals surface area contributed by atoms with Crippen molar-refractivity contribution >= 4 is 11.3 Å². The standard InChI is InChI=1S/C10H17NOS/c1-2-9-3-4-10(13-9)5-7-12-8-6-11/h3-4H,2,5-8,11H2,1H3. The van der Waals surface area contributed by atoms with Crippen LogP contribution >= 0.6 is 11.3 Å². The van der Waals surface area contributed by atoms with Gasteiger partial charge >= 0.3 is 0 Å². The number of hydrogen-bond acceptors (Lipinski definition) is 3. The zero-order chi connectivity index (χ0) is 9.52. The molecule has 0 bridgehead atoms. The molecule has 1 aromatic heterocycles. The third kappa shape index (κ3) is 3.89. The van der Waals surface area contributed by atoms with Gasteiger partial charge in [-0.25, -0.2) is 0 Å². The van der Waals surface area contributed by atoms with E-state index in [-0.39, 0.29) is 0 Å². The molecule has 0 fully saturated rings. The van der Waals surface area contributed by atoms with Gasteiger partial charge in [0.2, 0.25) is 0 Å². The number of thiophene rings is 1. The van der Waals surface area contributed by atoms with Gasteiger partial charge in [-0.15, -0.1) is 11.3 Å². The lowest BCUT2D eigenvalue weighted by Crippen LogP contribution is -2.09. The van der Waals surface area contributed by atoms with Crippen LogP contribution in [0.2, 0.25) is 0 Å². The van der Waals surface area contributed by atoms with Crippen molar-refractivity contribution in [2.24, 2.45) is 5.73 Å². The SMILES string of the molecule is CCc1ccc(CCOCCN)s1. The van der Waals surface area contributed by atoms with E-state index in [0.29, 0.717) is 13.2 Å². The molecule has 0 amide bonds. The average Bonchev–Trinajstić information content (AvgIpc) is 2.60. The molecule has 0 saturated carbocycles. The van der Waals surface area contributed by atoms with Gasteiger partial charge in [0, 0.05) is 22.7 Å². The highest BCUT2D eigenvalue weighted by molar-refractivity contribution is 7.11. The molecule has 13 heavy (non-hydrogen) atoms. The van der Waals surface area contributed by atoms with Gasteiger partial charge in [-0.05, 0) is 18.6 Å². The van der Waals surface area contributed by atoms with Crippen molar-refractivity contribution in [2.45, 2.75) is 19.8 Å². The number of ether oxygens (including phenoxy) is 1. The van der Waals surface area contributed by atoms with Gasteiger partial charge < -0.3 is 10.5 Å². The Bertz CT molecular complexity index is 235. The van der Waals surface area contributed by atoms with E-state index in [1.165, 1.54) is 9.75 Å². The smallest absolute Gasteiger partial charge is 0.0588 e. The maximum atomic E-state index is 5.31. The summed E-state index contributed by atoms with van der Waals surface area (Å²) in [4.78, 5) is 2.86. The quantitative estimate of drug-likeness (QED) is 0.709. The second-order valence-electron chi connectivity index (χ2n) is 2.87. The van der Waals surface area contributed by atoms with E-state index in [1.807, 2.05) is 11.3 Å². The van der Waals surface area contributed by atoms with E-state index in [0.717, 1.165) is 19.4 Å². The third-order valence-electron chi connectivity index (χ3n) is 1.82. The van der Waals surface area contributed by atoms with Gasteiger partial charge in [-0.3, -0.25) is 0 Å². The van der Waals surface area contributed by atoms with Gasteiger partial charge in [0.15, 0.2) is 0 Å². The molecule has 1 aromatic rings. The predicted octanol–water partition coefficient (Wildman–Crippen LogP) is 1.83. The first kappa shape index (κ1) is 10.7. The lowest BCUT2D eigenvalue weighted by molar-refractivity contribution is 0.145. The number of aryl methyl sites for hydroxylation is 1. The predicted molar refractivity (Wildman–Crippen MR) is 57.3 cm³/mol. The Morgan fingerprint density at radius 1 is 1.31 bits per heavy atom. The van der Waals surface area contributed by atoms with Crippen molar-refractivity contribution in [3.8, 4) is 0 Å². The van der Waals surface area contributed by atoms with Crippen molar-refractivity contribution in [3.63, 3.8) is 0 Å². The molecule has 0 aliphatic heterocycles. The number of nitrogens with two attached hydrogens (primary N) is 1. The first-order valence-electron chi connectivity index (χ1n) is 4.72. The third-order valence-corrected chi connectivity index (χ3v) is 3.11.